The molecule has 3 heterocycles. The van der Waals surface area contributed by atoms with Crippen LogP contribution in [0.3, 0.4) is 0 Å². The van der Waals surface area contributed by atoms with Gasteiger partial charge in [0.2, 0.25) is 0 Å². The van der Waals surface area contributed by atoms with Crippen LogP contribution >= 0.6 is 0 Å². The lowest BCUT2D eigenvalue weighted by Crippen LogP contribution is -2.10. The van der Waals surface area contributed by atoms with Gasteiger partial charge < -0.3 is 14.0 Å². The summed E-state index contributed by atoms with van der Waals surface area (Å²) < 4.78 is 13.2. The molecule has 3 aromatic rings. The quantitative estimate of drug-likeness (QED) is 0.502. The van der Waals surface area contributed by atoms with Gasteiger partial charge in [-0.2, -0.15) is 0 Å². The van der Waals surface area contributed by atoms with E-state index >= 15 is 0 Å². The largest absolute Gasteiger partial charge is 0.487 e. The van der Waals surface area contributed by atoms with Crippen LogP contribution in [0.15, 0.2) is 48.2 Å². The average molecular weight is 348 g/mol. The molecule has 26 heavy (non-hydrogen) atoms. The summed E-state index contributed by atoms with van der Waals surface area (Å²) in [6, 6.07) is 9.94. The third kappa shape index (κ3) is 2.47. The van der Waals surface area contributed by atoms with E-state index in [9.17, 15) is 4.79 Å². The smallest absolute Gasteiger partial charge is 0.356 e. The van der Waals surface area contributed by atoms with Gasteiger partial charge in [0, 0.05) is 23.4 Å². The Hall–Kier alpha value is -3.08. The minimum Gasteiger partial charge on any atom is -0.487 e. The lowest BCUT2D eigenvalue weighted by atomic mass is 10.1. The summed E-state index contributed by atoms with van der Waals surface area (Å²) in [5.41, 5.74) is 3.09. The molecular weight excluding hydrogens is 328 g/mol. The van der Waals surface area contributed by atoms with Crippen molar-refractivity contribution in [1.29, 1.82) is 0 Å². The highest BCUT2D eigenvalue weighted by molar-refractivity contribution is 6.11. The molecule has 4 rings (SSSR count). The molecule has 1 aromatic carbocycles. The number of hydrogen-bond acceptors (Lipinski definition) is 4. The molecule has 0 amide bonds. The number of carbonyl (C=O) groups is 1. The van der Waals surface area contributed by atoms with Gasteiger partial charge in [-0.3, -0.25) is 0 Å². The number of aromatic nitrogens is 2. The zero-order valence-corrected chi connectivity index (χ0v) is 15.0. The molecule has 0 radical (unpaired) electrons. The lowest BCUT2D eigenvalue weighted by Gasteiger charge is -2.17. The monoisotopic (exact) mass is 348 g/mol. The highest BCUT2D eigenvalue weighted by atomic mass is 16.5. The van der Waals surface area contributed by atoms with Gasteiger partial charge in [-0.25, -0.2) is 9.78 Å². The van der Waals surface area contributed by atoms with Crippen molar-refractivity contribution in [2.24, 2.45) is 0 Å². The van der Waals surface area contributed by atoms with E-state index in [1.165, 1.54) is 7.11 Å². The molecule has 0 spiro atoms. The summed E-state index contributed by atoms with van der Waals surface area (Å²) in [7, 11) is 1.37. The molecule has 1 aliphatic heterocycles. The SMILES string of the molecule is C/C=C\CC1OC(C)=Cn2c3ccccc3c3cc(C(=O)OC)nc1c32. The number of methoxy groups -OCH3 is 1. The first-order valence-electron chi connectivity index (χ1n) is 8.62. The molecule has 0 aliphatic carbocycles. The van der Waals surface area contributed by atoms with Crippen molar-refractivity contribution in [2.45, 2.75) is 26.4 Å². The van der Waals surface area contributed by atoms with Crippen molar-refractivity contribution >= 4 is 34.0 Å². The van der Waals surface area contributed by atoms with Crippen molar-refractivity contribution < 1.29 is 14.3 Å². The van der Waals surface area contributed by atoms with Crippen LogP contribution in [0.4, 0.5) is 0 Å². The van der Waals surface area contributed by atoms with Crippen molar-refractivity contribution in [2.75, 3.05) is 7.11 Å². The molecular formula is C21H20N2O3. The zero-order valence-electron chi connectivity index (χ0n) is 15.0. The van der Waals surface area contributed by atoms with Crippen LogP contribution in [0, 0.1) is 0 Å². The second-order valence-electron chi connectivity index (χ2n) is 6.32. The fraction of sp³-hybridized carbons (Fsp3) is 0.238. The number of hydrogen-bond donors (Lipinski definition) is 0. The second-order valence-corrected chi connectivity index (χ2v) is 6.32. The Labute approximate surface area is 151 Å². The molecule has 0 fully saturated rings. The number of ether oxygens (including phenoxy) is 2. The Balaban J connectivity index is 2.12. The van der Waals surface area contributed by atoms with E-state index in [1.54, 1.807) is 0 Å². The van der Waals surface area contributed by atoms with Gasteiger partial charge in [0.15, 0.2) is 0 Å². The van der Waals surface area contributed by atoms with Crippen LogP contribution in [0.1, 0.15) is 42.6 Å². The van der Waals surface area contributed by atoms with Crippen LogP contribution < -0.4 is 0 Å². The molecule has 2 aromatic heterocycles. The molecule has 5 heteroatoms. The predicted octanol–water partition coefficient (Wildman–Crippen LogP) is 4.83. The molecule has 0 N–H and O–H groups in total. The predicted molar refractivity (Wildman–Crippen MR) is 102 cm³/mol. The van der Waals surface area contributed by atoms with E-state index in [0.29, 0.717) is 12.1 Å². The number of fused-ring (bicyclic) bond motifs is 3. The van der Waals surface area contributed by atoms with E-state index in [-0.39, 0.29) is 6.10 Å². The standard InChI is InChI=1S/C21H20N2O3/c1-4-5-10-18-19-20-15(11-16(22-19)21(24)25-3)14-8-6-7-9-17(14)23(20)12-13(2)26-18/h4-9,11-12,18H,10H2,1-3H3/b5-4-. The molecule has 132 valence electrons. The Bertz CT molecular complexity index is 1080. The summed E-state index contributed by atoms with van der Waals surface area (Å²) >= 11 is 0. The summed E-state index contributed by atoms with van der Waals surface area (Å²) in [4.78, 5) is 16.8. The molecule has 1 aliphatic rings. The fourth-order valence-corrected chi connectivity index (χ4v) is 3.53. The van der Waals surface area contributed by atoms with Crippen molar-refractivity contribution in [3.63, 3.8) is 0 Å². The van der Waals surface area contributed by atoms with Crippen LogP contribution in [0.5, 0.6) is 0 Å². The third-order valence-electron chi connectivity index (χ3n) is 4.64. The highest BCUT2D eigenvalue weighted by Gasteiger charge is 2.26. The van der Waals surface area contributed by atoms with E-state index < -0.39 is 5.97 Å². The fourth-order valence-electron chi connectivity index (χ4n) is 3.53. The number of allylic oxidation sites excluding steroid dienone is 2. The van der Waals surface area contributed by atoms with Gasteiger partial charge in [-0.15, -0.1) is 0 Å². The Morgan fingerprint density at radius 1 is 1.35 bits per heavy atom. The maximum atomic E-state index is 12.2. The number of carbonyl (C=O) groups excluding carboxylic acids is 1. The first-order valence-corrected chi connectivity index (χ1v) is 8.62. The van der Waals surface area contributed by atoms with E-state index in [2.05, 4.69) is 27.8 Å². The maximum absolute atomic E-state index is 12.2. The summed E-state index contributed by atoms with van der Waals surface area (Å²) in [6.07, 6.45) is 6.44. The molecule has 0 bridgehead atoms. The zero-order chi connectivity index (χ0) is 18.3. The number of benzene rings is 1. The van der Waals surface area contributed by atoms with Gasteiger partial charge in [-0.05, 0) is 26.0 Å². The second kappa shape index (κ2) is 6.33. The molecule has 0 saturated carbocycles. The van der Waals surface area contributed by atoms with Crippen molar-refractivity contribution in [3.8, 4) is 0 Å². The van der Waals surface area contributed by atoms with Crippen LogP contribution in [-0.2, 0) is 9.47 Å². The number of rotatable bonds is 3. The van der Waals surface area contributed by atoms with Gasteiger partial charge in [0.1, 0.15) is 23.3 Å². The van der Waals surface area contributed by atoms with Crippen molar-refractivity contribution in [1.82, 2.24) is 9.55 Å². The number of esters is 1. The van der Waals surface area contributed by atoms with Gasteiger partial charge in [-0.1, -0.05) is 30.4 Å². The first-order chi connectivity index (χ1) is 12.6. The molecule has 5 nitrogen and oxygen atoms in total. The van der Waals surface area contributed by atoms with E-state index in [1.807, 2.05) is 44.3 Å². The van der Waals surface area contributed by atoms with Crippen LogP contribution in [-0.4, -0.2) is 22.6 Å². The normalized spacial score (nSPS) is 16.6. The molecule has 1 atom stereocenters. The highest BCUT2D eigenvalue weighted by Crippen LogP contribution is 2.38. The molecule has 1 unspecified atom stereocenters. The lowest BCUT2D eigenvalue weighted by molar-refractivity contribution is 0.0592. The summed E-state index contributed by atoms with van der Waals surface area (Å²) in [5.74, 6) is 0.360. The number of para-hydroxylation sites is 1. The van der Waals surface area contributed by atoms with E-state index in [0.717, 1.165) is 33.3 Å². The summed E-state index contributed by atoms with van der Waals surface area (Å²) in [5, 5.41) is 2.05. The average Bonchev–Trinajstić information content (AvgIpc) is 2.89. The number of nitrogens with zero attached hydrogens (tertiary/aromatic N) is 2. The van der Waals surface area contributed by atoms with Crippen LogP contribution in [0.25, 0.3) is 28.0 Å². The Morgan fingerprint density at radius 3 is 2.92 bits per heavy atom. The minimum atomic E-state index is -0.446. The Kier molecular flexibility index (Phi) is 3.99. The maximum Gasteiger partial charge on any atom is 0.356 e. The Morgan fingerprint density at radius 2 is 2.15 bits per heavy atom. The number of pyridine rings is 1. The third-order valence-corrected chi connectivity index (χ3v) is 4.64. The van der Waals surface area contributed by atoms with Gasteiger partial charge in [0.25, 0.3) is 0 Å². The molecule has 0 saturated heterocycles. The van der Waals surface area contributed by atoms with Crippen molar-refractivity contribution in [3.05, 3.63) is 59.6 Å². The topological polar surface area (TPSA) is 53.4 Å². The van der Waals surface area contributed by atoms with Gasteiger partial charge in [0.05, 0.1) is 18.1 Å². The van der Waals surface area contributed by atoms with Gasteiger partial charge >= 0.3 is 5.97 Å². The van der Waals surface area contributed by atoms with Crippen LogP contribution in [0.2, 0.25) is 0 Å². The van der Waals surface area contributed by atoms with E-state index in [4.69, 9.17) is 9.47 Å². The summed E-state index contributed by atoms with van der Waals surface area (Å²) in [6.45, 7) is 3.92. The minimum absolute atomic E-state index is 0.264. The first kappa shape index (κ1) is 16.4.